The van der Waals surface area contributed by atoms with Crippen LogP contribution in [0.3, 0.4) is 0 Å². The fourth-order valence-corrected chi connectivity index (χ4v) is 0.806. The second-order valence-corrected chi connectivity index (χ2v) is 2.05. The molecule has 1 aliphatic heterocycles. The molecule has 1 atom stereocenters. The van der Waals surface area contributed by atoms with E-state index in [-0.39, 0.29) is 18.7 Å². The van der Waals surface area contributed by atoms with Gasteiger partial charge in [0.1, 0.15) is 6.61 Å². The highest BCUT2D eigenvalue weighted by molar-refractivity contribution is 5.80. The van der Waals surface area contributed by atoms with Crippen molar-refractivity contribution in [3.8, 4) is 0 Å². The maximum Gasteiger partial charge on any atom is 0.158 e. The third-order valence-electron chi connectivity index (χ3n) is 1.35. The van der Waals surface area contributed by atoms with Crippen LogP contribution in [0.1, 0.15) is 26.7 Å². The summed E-state index contributed by atoms with van der Waals surface area (Å²) in [4.78, 5) is 10.5. The maximum absolute atomic E-state index is 10.5. The van der Waals surface area contributed by atoms with Crippen LogP contribution in [0, 0.1) is 0 Å². The molecule has 0 amide bonds. The Bertz CT molecular complexity index is 102. The molecule has 0 aromatic rings. The molecule has 0 aromatic carbocycles. The van der Waals surface area contributed by atoms with Gasteiger partial charge in [0.15, 0.2) is 12.1 Å². The third-order valence-corrected chi connectivity index (χ3v) is 1.35. The molecule has 0 spiro atoms. The molecular formula is C8H16O3. The van der Waals surface area contributed by atoms with Gasteiger partial charge < -0.3 is 9.47 Å². The van der Waals surface area contributed by atoms with E-state index in [1.165, 1.54) is 0 Å². The summed E-state index contributed by atoms with van der Waals surface area (Å²) in [5, 5.41) is 0. The minimum absolute atomic E-state index is 0.150. The predicted molar refractivity (Wildman–Crippen MR) is 42.3 cm³/mol. The molecule has 3 heteroatoms. The van der Waals surface area contributed by atoms with E-state index in [1.807, 2.05) is 13.8 Å². The lowest BCUT2D eigenvalue weighted by molar-refractivity contribution is -0.163. The van der Waals surface area contributed by atoms with Gasteiger partial charge in [-0.05, 0) is 0 Å². The maximum atomic E-state index is 10.5. The Hall–Kier alpha value is -0.410. The summed E-state index contributed by atoms with van der Waals surface area (Å²) >= 11 is 0. The van der Waals surface area contributed by atoms with E-state index in [0.29, 0.717) is 12.8 Å². The first kappa shape index (κ1) is 10.6. The summed E-state index contributed by atoms with van der Waals surface area (Å²) in [5.74, 6) is 0.170. The number of rotatable bonds is 1. The topological polar surface area (TPSA) is 35.5 Å². The number of carbonyl (C=O) groups excluding carboxylic acids is 1. The molecule has 1 fully saturated rings. The van der Waals surface area contributed by atoms with Crippen LogP contribution in [0.15, 0.2) is 0 Å². The van der Waals surface area contributed by atoms with E-state index in [0.717, 1.165) is 0 Å². The fourth-order valence-electron chi connectivity index (χ4n) is 0.806. The first-order valence-electron chi connectivity index (χ1n) is 3.99. The molecule has 1 rings (SSSR count). The second-order valence-electron chi connectivity index (χ2n) is 2.05. The van der Waals surface area contributed by atoms with E-state index in [4.69, 9.17) is 9.47 Å². The quantitative estimate of drug-likeness (QED) is 0.581. The number of methoxy groups -OCH3 is 1. The van der Waals surface area contributed by atoms with Crippen LogP contribution in [0.2, 0.25) is 0 Å². The highest BCUT2D eigenvalue weighted by Gasteiger charge is 2.17. The smallest absolute Gasteiger partial charge is 0.158 e. The van der Waals surface area contributed by atoms with Gasteiger partial charge in [-0.2, -0.15) is 0 Å². The molecule has 0 radical (unpaired) electrons. The van der Waals surface area contributed by atoms with Crippen molar-refractivity contribution in [2.75, 3.05) is 13.7 Å². The Morgan fingerprint density at radius 2 is 2.18 bits per heavy atom. The molecule has 11 heavy (non-hydrogen) atoms. The number of ether oxygens (including phenoxy) is 2. The normalized spacial score (nSPS) is 23.9. The van der Waals surface area contributed by atoms with Gasteiger partial charge in [0.25, 0.3) is 0 Å². The summed E-state index contributed by atoms with van der Waals surface area (Å²) < 4.78 is 9.83. The second kappa shape index (κ2) is 6.31. The van der Waals surface area contributed by atoms with Crippen LogP contribution < -0.4 is 0 Å². The number of Topliss-reactive ketones (excluding diaryl/α,β-unsaturated/α-hetero) is 1. The zero-order valence-electron chi connectivity index (χ0n) is 7.42. The summed E-state index contributed by atoms with van der Waals surface area (Å²) in [6.45, 7) is 4.22. The van der Waals surface area contributed by atoms with Crippen molar-refractivity contribution in [2.24, 2.45) is 0 Å². The van der Waals surface area contributed by atoms with Crippen molar-refractivity contribution in [2.45, 2.75) is 33.0 Å². The molecule has 0 N–H and O–H groups in total. The van der Waals surface area contributed by atoms with E-state index >= 15 is 0 Å². The molecule has 0 aromatic heterocycles. The van der Waals surface area contributed by atoms with E-state index in [9.17, 15) is 4.79 Å². The largest absolute Gasteiger partial charge is 0.356 e. The number of hydrogen-bond acceptors (Lipinski definition) is 3. The highest BCUT2D eigenvalue weighted by atomic mass is 16.7. The molecule has 0 saturated carbocycles. The van der Waals surface area contributed by atoms with Crippen molar-refractivity contribution < 1.29 is 14.3 Å². The number of carbonyl (C=O) groups is 1. The zero-order valence-corrected chi connectivity index (χ0v) is 7.42. The first-order chi connectivity index (χ1) is 5.33. The minimum atomic E-state index is -0.150. The molecule has 66 valence electrons. The zero-order chi connectivity index (χ0) is 8.69. The summed E-state index contributed by atoms with van der Waals surface area (Å²) in [7, 11) is 1.58. The lowest BCUT2D eigenvalue weighted by Gasteiger charge is -2.19. The third kappa shape index (κ3) is 4.11. The van der Waals surface area contributed by atoms with E-state index in [2.05, 4.69) is 0 Å². The van der Waals surface area contributed by atoms with Crippen molar-refractivity contribution in [1.82, 2.24) is 0 Å². The van der Waals surface area contributed by atoms with Crippen molar-refractivity contribution >= 4 is 5.78 Å². The van der Waals surface area contributed by atoms with Gasteiger partial charge in [-0.3, -0.25) is 4.79 Å². The molecule has 1 aliphatic rings. The predicted octanol–water partition coefficient (Wildman–Crippen LogP) is 1.36. The van der Waals surface area contributed by atoms with Gasteiger partial charge in [-0.25, -0.2) is 0 Å². The average molecular weight is 160 g/mol. The standard InChI is InChI=1S/C6H10O3.C2H6/c1-8-6-3-2-5(7)4-9-6;1-2/h6H,2-4H2,1H3;1-2H3. The van der Waals surface area contributed by atoms with E-state index in [1.54, 1.807) is 7.11 Å². The first-order valence-corrected chi connectivity index (χ1v) is 3.99. The van der Waals surface area contributed by atoms with Crippen LogP contribution in [-0.2, 0) is 14.3 Å². The molecule has 1 unspecified atom stereocenters. The lowest BCUT2D eigenvalue weighted by atomic mass is 10.2. The summed E-state index contributed by atoms with van der Waals surface area (Å²) in [6, 6.07) is 0. The Labute approximate surface area is 67.7 Å². The monoisotopic (exact) mass is 160 g/mol. The van der Waals surface area contributed by atoms with Crippen molar-refractivity contribution in [1.29, 1.82) is 0 Å². The molecule has 1 heterocycles. The average Bonchev–Trinajstić information content (AvgIpc) is 2.10. The Morgan fingerprint density at radius 3 is 2.55 bits per heavy atom. The van der Waals surface area contributed by atoms with E-state index < -0.39 is 0 Å². The van der Waals surface area contributed by atoms with Crippen LogP contribution in [-0.4, -0.2) is 25.8 Å². The molecule has 3 nitrogen and oxygen atoms in total. The fraction of sp³-hybridized carbons (Fsp3) is 0.875. The van der Waals surface area contributed by atoms with Crippen molar-refractivity contribution in [3.05, 3.63) is 0 Å². The van der Waals surface area contributed by atoms with Crippen LogP contribution in [0.25, 0.3) is 0 Å². The van der Waals surface area contributed by atoms with Gasteiger partial charge in [0.2, 0.25) is 0 Å². The summed E-state index contributed by atoms with van der Waals surface area (Å²) in [5.41, 5.74) is 0. The number of ketones is 1. The Morgan fingerprint density at radius 1 is 1.55 bits per heavy atom. The minimum Gasteiger partial charge on any atom is -0.356 e. The lowest BCUT2D eigenvalue weighted by Crippen LogP contribution is -2.26. The highest BCUT2D eigenvalue weighted by Crippen LogP contribution is 2.09. The number of hydrogen-bond donors (Lipinski definition) is 0. The van der Waals surface area contributed by atoms with Gasteiger partial charge in [-0.15, -0.1) is 0 Å². The van der Waals surface area contributed by atoms with Gasteiger partial charge >= 0.3 is 0 Å². The van der Waals surface area contributed by atoms with Gasteiger partial charge in [0, 0.05) is 20.0 Å². The summed E-state index contributed by atoms with van der Waals surface area (Å²) in [6.07, 6.45) is 1.15. The molecule has 1 saturated heterocycles. The Kier molecular flexibility index (Phi) is 6.07. The Balaban J connectivity index is 0.000000461. The van der Waals surface area contributed by atoms with Gasteiger partial charge in [0.05, 0.1) is 0 Å². The SMILES string of the molecule is CC.COC1CCC(=O)CO1. The van der Waals surface area contributed by atoms with Crippen LogP contribution >= 0.6 is 0 Å². The molecule has 0 bridgehead atoms. The van der Waals surface area contributed by atoms with Gasteiger partial charge in [-0.1, -0.05) is 13.8 Å². The van der Waals surface area contributed by atoms with Crippen molar-refractivity contribution in [3.63, 3.8) is 0 Å². The molecular weight excluding hydrogens is 144 g/mol. The van der Waals surface area contributed by atoms with Crippen LogP contribution in [0.5, 0.6) is 0 Å². The van der Waals surface area contributed by atoms with Crippen LogP contribution in [0.4, 0.5) is 0 Å². The molecule has 0 aliphatic carbocycles.